The Bertz CT molecular complexity index is 596. The van der Waals surface area contributed by atoms with E-state index in [1.165, 1.54) is 12.1 Å². The Morgan fingerprint density at radius 1 is 1.19 bits per heavy atom. The van der Waals surface area contributed by atoms with Crippen LogP contribution in [0.4, 0.5) is 0 Å². The van der Waals surface area contributed by atoms with Gasteiger partial charge in [-0.05, 0) is 31.3 Å². The van der Waals surface area contributed by atoms with Crippen LogP contribution in [-0.2, 0) is 14.8 Å². The smallest absolute Gasteiger partial charge is 0.241 e. The van der Waals surface area contributed by atoms with Crippen molar-refractivity contribution in [2.45, 2.75) is 4.90 Å². The monoisotopic (exact) mass is 375 g/mol. The summed E-state index contributed by atoms with van der Waals surface area (Å²) < 4.78 is 27.3. The highest BCUT2D eigenvalue weighted by molar-refractivity contribution is 9.10. The van der Waals surface area contributed by atoms with Crippen molar-refractivity contribution >= 4 is 31.9 Å². The lowest BCUT2D eigenvalue weighted by atomic mass is 10.3. The molecule has 1 aliphatic rings. The molecule has 6 nitrogen and oxygen atoms in total. The second-order valence-corrected chi connectivity index (χ2v) is 7.65. The maximum atomic E-state index is 12.1. The van der Waals surface area contributed by atoms with Crippen LogP contribution in [0.2, 0.25) is 0 Å². The minimum atomic E-state index is -3.65. The Labute approximate surface area is 133 Å². The molecule has 0 aliphatic carbocycles. The average molecular weight is 376 g/mol. The van der Waals surface area contributed by atoms with E-state index in [9.17, 15) is 13.2 Å². The molecule has 21 heavy (non-hydrogen) atoms. The number of amides is 1. The molecule has 0 spiro atoms. The van der Waals surface area contributed by atoms with Gasteiger partial charge in [0.15, 0.2) is 0 Å². The van der Waals surface area contributed by atoms with E-state index in [0.717, 1.165) is 17.6 Å². The van der Waals surface area contributed by atoms with Crippen LogP contribution in [0.5, 0.6) is 0 Å². The number of carbonyl (C=O) groups excluding carboxylic acids is 1. The van der Waals surface area contributed by atoms with Crippen LogP contribution in [0, 0.1) is 0 Å². The normalized spacial score (nSPS) is 17.0. The third kappa shape index (κ3) is 4.50. The molecule has 8 heteroatoms. The van der Waals surface area contributed by atoms with Gasteiger partial charge >= 0.3 is 0 Å². The highest BCUT2D eigenvalue weighted by Gasteiger charge is 2.21. The predicted octanol–water partition coefficient (Wildman–Crippen LogP) is 0.501. The van der Waals surface area contributed by atoms with E-state index in [0.29, 0.717) is 13.1 Å². The fourth-order valence-electron chi connectivity index (χ4n) is 2.02. The van der Waals surface area contributed by atoms with Crippen molar-refractivity contribution < 1.29 is 13.2 Å². The number of sulfonamides is 1. The minimum absolute atomic E-state index is 0.150. The molecular weight excluding hydrogens is 358 g/mol. The van der Waals surface area contributed by atoms with Crippen LogP contribution in [0.25, 0.3) is 0 Å². The van der Waals surface area contributed by atoms with Crippen molar-refractivity contribution in [2.24, 2.45) is 0 Å². The molecule has 116 valence electrons. The minimum Gasteiger partial charge on any atom is -0.339 e. The van der Waals surface area contributed by atoms with Gasteiger partial charge in [-0.25, -0.2) is 13.1 Å². The molecule has 1 saturated heterocycles. The zero-order chi connectivity index (χ0) is 15.5. The molecule has 0 radical (unpaired) electrons. The molecule has 1 fully saturated rings. The van der Waals surface area contributed by atoms with Crippen LogP contribution >= 0.6 is 15.9 Å². The average Bonchev–Trinajstić information content (AvgIpc) is 2.46. The van der Waals surface area contributed by atoms with Crippen molar-refractivity contribution in [1.82, 2.24) is 14.5 Å². The Kier molecular flexibility index (Phi) is 5.37. The third-order valence-corrected chi connectivity index (χ3v) is 5.34. The summed E-state index contributed by atoms with van der Waals surface area (Å²) in [5.74, 6) is -0.191. The summed E-state index contributed by atoms with van der Waals surface area (Å²) >= 11 is 3.25. The largest absolute Gasteiger partial charge is 0.339 e. The highest BCUT2D eigenvalue weighted by atomic mass is 79.9. The summed E-state index contributed by atoms with van der Waals surface area (Å²) in [6.07, 6.45) is 0. The first-order chi connectivity index (χ1) is 9.88. The number of hydrogen-bond donors (Lipinski definition) is 1. The number of carbonyl (C=O) groups is 1. The van der Waals surface area contributed by atoms with Crippen LogP contribution in [0.1, 0.15) is 0 Å². The molecule has 2 rings (SSSR count). The maximum absolute atomic E-state index is 12.1. The van der Waals surface area contributed by atoms with E-state index in [-0.39, 0.29) is 17.3 Å². The summed E-state index contributed by atoms with van der Waals surface area (Å²) in [6, 6.07) is 6.28. The first-order valence-corrected chi connectivity index (χ1v) is 8.88. The molecule has 1 heterocycles. The lowest BCUT2D eigenvalue weighted by Gasteiger charge is -2.32. The van der Waals surface area contributed by atoms with Gasteiger partial charge in [0.25, 0.3) is 0 Å². The number of hydrogen-bond acceptors (Lipinski definition) is 4. The topological polar surface area (TPSA) is 69.7 Å². The second kappa shape index (κ2) is 6.87. The zero-order valence-corrected chi connectivity index (χ0v) is 14.2. The Morgan fingerprint density at radius 3 is 2.33 bits per heavy atom. The second-order valence-electron chi connectivity index (χ2n) is 4.96. The molecule has 0 aromatic heterocycles. The Hall–Kier alpha value is -0.960. The van der Waals surface area contributed by atoms with Crippen LogP contribution in [0.3, 0.4) is 0 Å². The van der Waals surface area contributed by atoms with E-state index < -0.39 is 10.0 Å². The fraction of sp³-hybridized carbons (Fsp3) is 0.462. The molecule has 0 bridgehead atoms. The van der Waals surface area contributed by atoms with E-state index in [1.54, 1.807) is 17.0 Å². The van der Waals surface area contributed by atoms with Crippen molar-refractivity contribution in [1.29, 1.82) is 0 Å². The molecule has 0 saturated carbocycles. The van der Waals surface area contributed by atoms with E-state index in [4.69, 9.17) is 0 Å². The fourth-order valence-corrected chi connectivity index (χ4v) is 3.26. The number of nitrogens with zero attached hydrogens (tertiary/aromatic N) is 2. The Morgan fingerprint density at radius 2 is 1.76 bits per heavy atom. The lowest BCUT2D eigenvalue weighted by Crippen LogP contribution is -2.50. The standard InChI is InChI=1S/C13H18BrN3O3S/c1-16-6-8-17(9-7-16)13(18)10-15-21(19,20)12-4-2-11(14)3-5-12/h2-5,15H,6-10H2,1H3. The van der Waals surface area contributed by atoms with Gasteiger partial charge in [-0.3, -0.25) is 4.79 Å². The third-order valence-electron chi connectivity index (χ3n) is 3.39. The van der Waals surface area contributed by atoms with Crippen molar-refractivity contribution in [3.05, 3.63) is 28.7 Å². The van der Waals surface area contributed by atoms with Crippen LogP contribution in [-0.4, -0.2) is 63.9 Å². The number of likely N-dealkylation sites (N-methyl/N-ethyl adjacent to an activating group) is 1. The molecule has 0 unspecified atom stereocenters. The molecule has 1 aliphatic heterocycles. The van der Waals surface area contributed by atoms with Gasteiger partial charge in [-0.2, -0.15) is 0 Å². The maximum Gasteiger partial charge on any atom is 0.241 e. The number of halogens is 1. The number of piperazine rings is 1. The zero-order valence-electron chi connectivity index (χ0n) is 11.8. The molecule has 0 atom stereocenters. The van der Waals surface area contributed by atoms with Crippen molar-refractivity contribution in [3.63, 3.8) is 0 Å². The van der Waals surface area contributed by atoms with Gasteiger partial charge in [0.2, 0.25) is 15.9 Å². The number of benzene rings is 1. The summed E-state index contributed by atoms with van der Waals surface area (Å²) in [5.41, 5.74) is 0. The molecule has 1 N–H and O–H groups in total. The summed E-state index contributed by atoms with van der Waals surface area (Å²) in [5, 5.41) is 0. The molecule has 1 amide bonds. The van der Waals surface area contributed by atoms with Crippen LogP contribution < -0.4 is 4.72 Å². The van der Waals surface area contributed by atoms with Crippen LogP contribution in [0.15, 0.2) is 33.6 Å². The molecule has 1 aromatic carbocycles. The van der Waals surface area contributed by atoms with Gasteiger partial charge < -0.3 is 9.80 Å². The van der Waals surface area contributed by atoms with E-state index in [2.05, 4.69) is 25.6 Å². The molecule has 1 aromatic rings. The quantitative estimate of drug-likeness (QED) is 0.831. The predicted molar refractivity (Wildman–Crippen MR) is 83.4 cm³/mol. The first kappa shape index (κ1) is 16.4. The molecular formula is C13H18BrN3O3S. The van der Waals surface area contributed by atoms with Crippen molar-refractivity contribution in [3.8, 4) is 0 Å². The summed E-state index contributed by atoms with van der Waals surface area (Å²) in [7, 11) is -1.65. The van der Waals surface area contributed by atoms with Gasteiger partial charge in [-0.15, -0.1) is 0 Å². The Balaban J connectivity index is 1.92. The SMILES string of the molecule is CN1CCN(C(=O)CNS(=O)(=O)c2ccc(Br)cc2)CC1. The van der Waals surface area contributed by atoms with Gasteiger partial charge in [0.05, 0.1) is 11.4 Å². The number of nitrogens with one attached hydrogen (secondary N) is 1. The lowest BCUT2D eigenvalue weighted by molar-refractivity contribution is -0.131. The first-order valence-electron chi connectivity index (χ1n) is 6.60. The van der Waals surface area contributed by atoms with E-state index in [1.807, 2.05) is 7.05 Å². The van der Waals surface area contributed by atoms with Gasteiger partial charge in [0.1, 0.15) is 0 Å². The van der Waals surface area contributed by atoms with Crippen molar-refractivity contribution in [2.75, 3.05) is 39.8 Å². The summed E-state index contributed by atoms with van der Waals surface area (Å²) in [4.78, 5) is 16.0. The van der Waals surface area contributed by atoms with E-state index >= 15 is 0 Å². The van der Waals surface area contributed by atoms with Gasteiger partial charge in [-0.1, -0.05) is 15.9 Å². The van der Waals surface area contributed by atoms with Gasteiger partial charge in [0, 0.05) is 30.7 Å². The summed E-state index contributed by atoms with van der Waals surface area (Å²) in [6.45, 7) is 2.68. The number of rotatable bonds is 4. The highest BCUT2D eigenvalue weighted by Crippen LogP contribution is 2.14.